The highest BCUT2D eigenvalue weighted by Crippen LogP contribution is 2.27. The first-order chi connectivity index (χ1) is 8.74. The van der Waals surface area contributed by atoms with Crippen molar-refractivity contribution in [3.8, 4) is 5.75 Å². The van der Waals surface area contributed by atoms with Crippen molar-refractivity contribution >= 4 is 18.4 Å². The van der Waals surface area contributed by atoms with Crippen LogP contribution in [0.15, 0.2) is 24.3 Å². The largest absolute Gasteiger partial charge is 0.497 e. The Morgan fingerprint density at radius 2 is 2.11 bits per heavy atom. The van der Waals surface area contributed by atoms with Crippen molar-refractivity contribution in [2.24, 2.45) is 0 Å². The molecule has 1 N–H and O–H groups in total. The van der Waals surface area contributed by atoms with Crippen LogP contribution in [0.25, 0.3) is 0 Å². The molecule has 1 saturated heterocycles. The summed E-state index contributed by atoms with van der Waals surface area (Å²) in [4.78, 5) is 11.4. The van der Waals surface area contributed by atoms with Gasteiger partial charge < -0.3 is 14.8 Å². The van der Waals surface area contributed by atoms with Crippen molar-refractivity contribution < 1.29 is 14.3 Å². The average Bonchev–Trinajstić information content (AvgIpc) is 2.46. The zero-order chi connectivity index (χ0) is 13.0. The summed E-state index contributed by atoms with van der Waals surface area (Å²) >= 11 is 0. The molecule has 1 aromatic rings. The molecule has 2 unspecified atom stereocenters. The van der Waals surface area contributed by atoms with Crippen LogP contribution < -0.4 is 10.1 Å². The van der Waals surface area contributed by atoms with Crippen molar-refractivity contribution in [1.82, 2.24) is 5.32 Å². The summed E-state index contributed by atoms with van der Waals surface area (Å²) in [6.45, 7) is 0.799. The monoisotopic (exact) mass is 285 g/mol. The first-order valence-electron chi connectivity index (χ1n) is 6.19. The van der Waals surface area contributed by atoms with Crippen molar-refractivity contribution in [1.29, 1.82) is 0 Å². The fourth-order valence-electron chi connectivity index (χ4n) is 2.38. The number of esters is 1. The van der Waals surface area contributed by atoms with Crippen molar-refractivity contribution in [3.05, 3.63) is 29.8 Å². The van der Waals surface area contributed by atoms with Gasteiger partial charge in [-0.3, -0.25) is 4.79 Å². The van der Waals surface area contributed by atoms with E-state index in [0.717, 1.165) is 25.1 Å². The van der Waals surface area contributed by atoms with E-state index >= 15 is 0 Å². The number of methoxy groups -OCH3 is 2. The highest BCUT2D eigenvalue weighted by atomic mass is 35.5. The van der Waals surface area contributed by atoms with Gasteiger partial charge in [-0.1, -0.05) is 12.1 Å². The van der Waals surface area contributed by atoms with Gasteiger partial charge in [0.05, 0.1) is 14.2 Å². The van der Waals surface area contributed by atoms with E-state index in [9.17, 15) is 4.79 Å². The number of ether oxygens (including phenoxy) is 2. The maximum absolute atomic E-state index is 11.4. The molecule has 0 aromatic heterocycles. The molecule has 2 atom stereocenters. The summed E-state index contributed by atoms with van der Waals surface area (Å²) in [7, 11) is 3.10. The van der Waals surface area contributed by atoms with Crippen LogP contribution in [0.3, 0.4) is 0 Å². The van der Waals surface area contributed by atoms with Gasteiger partial charge in [-0.05, 0) is 36.5 Å². The SMILES string of the molecule is COC(=O)C1CCC(c2cccc(OC)c2)CN1.Cl. The molecule has 106 valence electrons. The third-order valence-corrected chi connectivity index (χ3v) is 3.47. The number of rotatable bonds is 3. The average molecular weight is 286 g/mol. The van der Waals surface area contributed by atoms with E-state index in [-0.39, 0.29) is 24.4 Å². The van der Waals surface area contributed by atoms with E-state index in [4.69, 9.17) is 9.47 Å². The molecule has 0 saturated carbocycles. The summed E-state index contributed by atoms with van der Waals surface area (Å²) in [6, 6.07) is 7.95. The number of hydrogen-bond donors (Lipinski definition) is 1. The molecule has 1 aliphatic heterocycles. The Balaban J connectivity index is 0.00000180. The summed E-state index contributed by atoms with van der Waals surface area (Å²) in [5, 5.41) is 3.24. The lowest BCUT2D eigenvalue weighted by Crippen LogP contribution is -2.43. The molecule has 4 nitrogen and oxygen atoms in total. The van der Waals surface area contributed by atoms with Gasteiger partial charge in [0, 0.05) is 6.54 Å². The fourth-order valence-corrected chi connectivity index (χ4v) is 2.38. The van der Waals surface area contributed by atoms with Crippen LogP contribution in [0.5, 0.6) is 5.75 Å². The Kier molecular flexibility index (Phi) is 6.12. The van der Waals surface area contributed by atoms with E-state index in [2.05, 4.69) is 17.4 Å². The van der Waals surface area contributed by atoms with Gasteiger partial charge in [-0.25, -0.2) is 0 Å². The normalized spacial score (nSPS) is 22.2. The van der Waals surface area contributed by atoms with Gasteiger partial charge in [0.2, 0.25) is 0 Å². The lowest BCUT2D eigenvalue weighted by Gasteiger charge is -2.28. The first-order valence-corrected chi connectivity index (χ1v) is 6.19. The zero-order valence-corrected chi connectivity index (χ0v) is 12.0. The lowest BCUT2D eigenvalue weighted by atomic mass is 9.88. The van der Waals surface area contributed by atoms with Crippen molar-refractivity contribution in [2.75, 3.05) is 20.8 Å². The number of carbonyl (C=O) groups excluding carboxylic acids is 1. The molecular formula is C14H20ClNO3. The standard InChI is InChI=1S/C14H19NO3.ClH/c1-17-12-5-3-4-10(8-12)11-6-7-13(15-9-11)14(16)18-2;/h3-5,8,11,13,15H,6-7,9H2,1-2H3;1H. The molecule has 0 spiro atoms. The molecule has 1 fully saturated rings. The second-order valence-corrected chi connectivity index (χ2v) is 4.53. The van der Waals surface area contributed by atoms with E-state index in [1.54, 1.807) is 7.11 Å². The Morgan fingerprint density at radius 3 is 2.68 bits per heavy atom. The van der Waals surface area contributed by atoms with Gasteiger partial charge in [0.1, 0.15) is 11.8 Å². The molecule has 0 bridgehead atoms. The van der Waals surface area contributed by atoms with Crippen LogP contribution >= 0.6 is 12.4 Å². The number of nitrogens with one attached hydrogen (secondary N) is 1. The van der Waals surface area contributed by atoms with Gasteiger partial charge in [-0.15, -0.1) is 12.4 Å². The van der Waals surface area contributed by atoms with Gasteiger partial charge in [0.25, 0.3) is 0 Å². The molecule has 0 radical (unpaired) electrons. The van der Waals surface area contributed by atoms with E-state index in [0.29, 0.717) is 5.92 Å². The van der Waals surface area contributed by atoms with Gasteiger partial charge in [0.15, 0.2) is 0 Å². The Bertz CT molecular complexity index is 417. The molecule has 0 amide bonds. The molecule has 5 heteroatoms. The highest BCUT2D eigenvalue weighted by molar-refractivity contribution is 5.85. The first kappa shape index (κ1) is 15.8. The molecule has 1 heterocycles. The third-order valence-electron chi connectivity index (χ3n) is 3.47. The second kappa shape index (κ2) is 7.36. The summed E-state index contributed by atoms with van der Waals surface area (Å²) in [6.07, 6.45) is 1.80. The van der Waals surface area contributed by atoms with Gasteiger partial charge >= 0.3 is 5.97 Å². The number of carbonyl (C=O) groups is 1. The minimum absolute atomic E-state index is 0. The van der Waals surface area contributed by atoms with Crippen LogP contribution in [-0.4, -0.2) is 32.8 Å². The Labute approximate surface area is 119 Å². The number of benzene rings is 1. The van der Waals surface area contributed by atoms with Gasteiger partial charge in [-0.2, -0.15) is 0 Å². The quantitative estimate of drug-likeness (QED) is 0.865. The Hall–Kier alpha value is -1.26. The van der Waals surface area contributed by atoms with E-state index < -0.39 is 0 Å². The Morgan fingerprint density at radius 1 is 1.32 bits per heavy atom. The molecule has 0 aliphatic carbocycles. The molecule has 2 rings (SSSR count). The summed E-state index contributed by atoms with van der Waals surface area (Å²) in [5.74, 6) is 1.14. The highest BCUT2D eigenvalue weighted by Gasteiger charge is 2.27. The van der Waals surface area contributed by atoms with E-state index in [1.807, 2.05) is 12.1 Å². The number of halogens is 1. The van der Waals surface area contributed by atoms with E-state index in [1.165, 1.54) is 12.7 Å². The maximum atomic E-state index is 11.4. The fraction of sp³-hybridized carbons (Fsp3) is 0.500. The minimum atomic E-state index is -0.168. The zero-order valence-electron chi connectivity index (χ0n) is 11.2. The second-order valence-electron chi connectivity index (χ2n) is 4.53. The van der Waals surface area contributed by atoms with Crippen LogP contribution in [0.2, 0.25) is 0 Å². The lowest BCUT2D eigenvalue weighted by molar-refractivity contribution is -0.143. The predicted molar refractivity (Wildman–Crippen MR) is 76.0 cm³/mol. The smallest absolute Gasteiger partial charge is 0.322 e. The van der Waals surface area contributed by atoms with Crippen LogP contribution in [0, 0.1) is 0 Å². The minimum Gasteiger partial charge on any atom is -0.497 e. The van der Waals surface area contributed by atoms with Crippen molar-refractivity contribution in [3.63, 3.8) is 0 Å². The number of piperidine rings is 1. The number of hydrogen-bond acceptors (Lipinski definition) is 4. The third kappa shape index (κ3) is 3.85. The summed E-state index contributed by atoms with van der Waals surface area (Å²) < 4.78 is 9.97. The van der Waals surface area contributed by atoms with Crippen LogP contribution in [0.4, 0.5) is 0 Å². The van der Waals surface area contributed by atoms with Crippen LogP contribution in [0.1, 0.15) is 24.3 Å². The molecule has 1 aromatic carbocycles. The molecule has 1 aliphatic rings. The maximum Gasteiger partial charge on any atom is 0.322 e. The van der Waals surface area contributed by atoms with Crippen LogP contribution in [-0.2, 0) is 9.53 Å². The summed E-state index contributed by atoms with van der Waals surface area (Å²) in [5.41, 5.74) is 1.25. The topological polar surface area (TPSA) is 47.6 Å². The molecular weight excluding hydrogens is 266 g/mol. The molecule has 19 heavy (non-hydrogen) atoms. The predicted octanol–water partition coefficient (Wildman–Crippen LogP) is 2.13. The van der Waals surface area contributed by atoms with Crippen molar-refractivity contribution in [2.45, 2.75) is 24.8 Å².